The zero-order valence-electron chi connectivity index (χ0n) is 9.52. The van der Waals surface area contributed by atoms with Crippen molar-refractivity contribution in [1.29, 1.82) is 0 Å². The van der Waals surface area contributed by atoms with Gasteiger partial charge in [0.25, 0.3) is 0 Å². The van der Waals surface area contributed by atoms with Crippen LogP contribution in [-0.4, -0.2) is 47.7 Å². The van der Waals surface area contributed by atoms with Crippen LogP contribution in [-0.2, 0) is 9.53 Å². The predicted molar refractivity (Wildman–Crippen MR) is 58.8 cm³/mol. The SMILES string of the molecule is O=C(O)OC1CCCN1.O=C(O)[C@@H]1CCCN1. The molecule has 2 fully saturated rings. The van der Waals surface area contributed by atoms with Gasteiger partial charge < -0.3 is 20.3 Å². The Balaban J connectivity index is 0.000000171. The summed E-state index contributed by atoms with van der Waals surface area (Å²) in [5.74, 6) is -0.720. The fraction of sp³-hybridized carbons (Fsp3) is 0.800. The van der Waals surface area contributed by atoms with E-state index in [4.69, 9.17) is 10.2 Å². The smallest absolute Gasteiger partial charge is 0.480 e. The summed E-state index contributed by atoms with van der Waals surface area (Å²) in [5, 5.41) is 22.2. The van der Waals surface area contributed by atoms with Gasteiger partial charge in [-0.25, -0.2) is 4.79 Å². The lowest BCUT2D eigenvalue weighted by atomic mass is 10.2. The van der Waals surface area contributed by atoms with Crippen LogP contribution < -0.4 is 10.6 Å². The van der Waals surface area contributed by atoms with E-state index in [-0.39, 0.29) is 12.3 Å². The van der Waals surface area contributed by atoms with Gasteiger partial charge in [-0.3, -0.25) is 10.1 Å². The molecule has 2 heterocycles. The summed E-state index contributed by atoms with van der Waals surface area (Å²) < 4.78 is 4.42. The van der Waals surface area contributed by atoms with Gasteiger partial charge in [0.1, 0.15) is 6.04 Å². The Hall–Kier alpha value is -1.34. The third-order valence-corrected chi connectivity index (χ3v) is 2.62. The van der Waals surface area contributed by atoms with Gasteiger partial charge in [0.05, 0.1) is 0 Å². The van der Waals surface area contributed by atoms with E-state index in [1.807, 2.05) is 0 Å². The molecule has 2 atom stereocenters. The number of ether oxygens (including phenoxy) is 1. The van der Waals surface area contributed by atoms with Crippen LogP contribution >= 0.6 is 0 Å². The summed E-state index contributed by atoms with van der Waals surface area (Å²) in [5.41, 5.74) is 0. The maximum atomic E-state index is 10.1. The summed E-state index contributed by atoms with van der Waals surface area (Å²) >= 11 is 0. The zero-order chi connectivity index (χ0) is 12.7. The Kier molecular flexibility index (Phi) is 5.71. The molecule has 0 aliphatic carbocycles. The molecule has 2 aliphatic heterocycles. The topological polar surface area (TPSA) is 108 Å². The van der Waals surface area contributed by atoms with E-state index >= 15 is 0 Å². The molecule has 0 aromatic heterocycles. The molecule has 2 rings (SSSR count). The van der Waals surface area contributed by atoms with Crippen LogP contribution in [0.3, 0.4) is 0 Å². The molecule has 7 nitrogen and oxygen atoms in total. The molecule has 2 aliphatic rings. The van der Waals surface area contributed by atoms with Crippen molar-refractivity contribution in [2.24, 2.45) is 0 Å². The summed E-state index contributed by atoms with van der Waals surface area (Å²) in [6.07, 6.45) is 2.12. The van der Waals surface area contributed by atoms with Gasteiger partial charge in [0.2, 0.25) is 0 Å². The molecule has 0 amide bonds. The first-order chi connectivity index (χ1) is 8.09. The zero-order valence-corrected chi connectivity index (χ0v) is 9.52. The molecule has 2 saturated heterocycles. The number of aliphatic carboxylic acids is 1. The molecule has 4 N–H and O–H groups in total. The Morgan fingerprint density at radius 3 is 2.06 bits per heavy atom. The quantitative estimate of drug-likeness (QED) is 0.516. The lowest BCUT2D eigenvalue weighted by molar-refractivity contribution is -0.139. The number of rotatable bonds is 2. The molecule has 0 spiro atoms. The molecular weight excluding hydrogens is 228 g/mol. The average molecular weight is 246 g/mol. The van der Waals surface area contributed by atoms with Gasteiger partial charge in [-0.05, 0) is 38.8 Å². The van der Waals surface area contributed by atoms with Crippen LogP contribution in [0.15, 0.2) is 0 Å². The summed E-state index contributed by atoms with van der Waals surface area (Å²) in [4.78, 5) is 20.0. The van der Waals surface area contributed by atoms with Gasteiger partial charge in [-0.2, -0.15) is 0 Å². The van der Waals surface area contributed by atoms with E-state index in [0.717, 1.165) is 38.8 Å². The number of carbonyl (C=O) groups is 2. The second kappa shape index (κ2) is 7.08. The van der Waals surface area contributed by atoms with Crippen LogP contribution in [0.2, 0.25) is 0 Å². The first kappa shape index (κ1) is 13.7. The van der Waals surface area contributed by atoms with E-state index in [0.29, 0.717) is 0 Å². The highest BCUT2D eigenvalue weighted by Crippen LogP contribution is 2.05. The van der Waals surface area contributed by atoms with Crippen molar-refractivity contribution < 1.29 is 24.5 Å². The lowest BCUT2D eigenvalue weighted by Gasteiger charge is -2.06. The molecule has 0 bridgehead atoms. The third kappa shape index (κ3) is 5.50. The summed E-state index contributed by atoms with van der Waals surface area (Å²) in [6.45, 7) is 1.72. The molecule has 7 heteroatoms. The largest absolute Gasteiger partial charge is 0.507 e. The second-order valence-corrected chi connectivity index (χ2v) is 3.96. The minimum atomic E-state index is -1.20. The molecule has 0 radical (unpaired) electrons. The van der Waals surface area contributed by atoms with E-state index in [1.165, 1.54) is 0 Å². The third-order valence-electron chi connectivity index (χ3n) is 2.62. The van der Waals surface area contributed by atoms with Crippen molar-refractivity contribution in [2.45, 2.75) is 38.0 Å². The van der Waals surface area contributed by atoms with Crippen LogP contribution in [0.5, 0.6) is 0 Å². The first-order valence-corrected chi connectivity index (χ1v) is 5.68. The molecule has 17 heavy (non-hydrogen) atoms. The number of carboxylic acids is 1. The van der Waals surface area contributed by atoms with Gasteiger partial charge >= 0.3 is 12.1 Å². The monoisotopic (exact) mass is 246 g/mol. The Bertz CT molecular complexity index is 259. The van der Waals surface area contributed by atoms with Crippen molar-refractivity contribution >= 4 is 12.1 Å². The number of hydrogen-bond acceptors (Lipinski definition) is 5. The minimum absolute atomic E-state index is 0.262. The maximum Gasteiger partial charge on any atom is 0.507 e. The van der Waals surface area contributed by atoms with Gasteiger partial charge in [-0.15, -0.1) is 0 Å². The molecule has 0 aromatic carbocycles. The molecule has 98 valence electrons. The van der Waals surface area contributed by atoms with E-state index in [1.54, 1.807) is 0 Å². The van der Waals surface area contributed by atoms with Crippen LogP contribution in [0.25, 0.3) is 0 Å². The van der Waals surface area contributed by atoms with Crippen molar-refractivity contribution in [2.75, 3.05) is 13.1 Å². The highest BCUT2D eigenvalue weighted by molar-refractivity contribution is 5.73. The van der Waals surface area contributed by atoms with Crippen LogP contribution in [0, 0.1) is 0 Å². The summed E-state index contributed by atoms with van der Waals surface area (Å²) in [7, 11) is 0. The number of nitrogens with one attached hydrogen (secondary N) is 2. The second-order valence-electron chi connectivity index (χ2n) is 3.96. The predicted octanol–water partition coefficient (Wildman–Crippen LogP) is 0.213. The fourth-order valence-electron chi connectivity index (χ4n) is 1.77. The van der Waals surface area contributed by atoms with Crippen LogP contribution in [0.4, 0.5) is 4.79 Å². The fourth-order valence-corrected chi connectivity index (χ4v) is 1.77. The average Bonchev–Trinajstić information content (AvgIpc) is 2.87. The van der Waals surface area contributed by atoms with Gasteiger partial charge in [0, 0.05) is 0 Å². The molecule has 1 unspecified atom stereocenters. The van der Waals surface area contributed by atoms with E-state index in [2.05, 4.69) is 15.4 Å². The van der Waals surface area contributed by atoms with E-state index < -0.39 is 12.1 Å². The molecule has 0 aromatic rings. The lowest BCUT2D eigenvalue weighted by Crippen LogP contribution is -2.29. The van der Waals surface area contributed by atoms with Gasteiger partial charge in [0.15, 0.2) is 6.23 Å². The Morgan fingerprint density at radius 1 is 1.06 bits per heavy atom. The Labute approximate surface area is 99.1 Å². The number of hydrogen-bond donors (Lipinski definition) is 4. The van der Waals surface area contributed by atoms with E-state index in [9.17, 15) is 9.59 Å². The maximum absolute atomic E-state index is 10.1. The Morgan fingerprint density at radius 2 is 1.71 bits per heavy atom. The standard InChI is InChI=1S/C5H9NO3.C5H9NO2/c7-5(8)9-4-2-1-3-6-4;7-5(8)4-2-1-3-6-4/h4,6H,1-3H2,(H,7,8);4,6H,1-3H2,(H,7,8)/t;4-/m.0/s1. The first-order valence-electron chi connectivity index (χ1n) is 5.68. The minimum Gasteiger partial charge on any atom is -0.480 e. The normalized spacial score (nSPS) is 27.1. The van der Waals surface area contributed by atoms with Crippen molar-refractivity contribution in [3.8, 4) is 0 Å². The van der Waals surface area contributed by atoms with Crippen molar-refractivity contribution in [1.82, 2.24) is 10.6 Å². The van der Waals surface area contributed by atoms with Crippen LogP contribution in [0.1, 0.15) is 25.7 Å². The highest BCUT2D eigenvalue weighted by Gasteiger charge is 2.20. The van der Waals surface area contributed by atoms with Crippen molar-refractivity contribution in [3.05, 3.63) is 0 Å². The molecular formula is C10H18N2O5. The summed E-state index contributed by atoms with van der Waals surface area (Å²) in [6, 6.07) is -0.269. The molecule has 0 saturated carbocycles. The van der Waals surface area contributed by atoms with Crippen molar-refractivity contribution in [3.63, 3.8) is 0 Å². The number of carboxylic acid groups (broad SMARTS) is 2. The highest BCUT2D eigenvalue weighted by atomic mass is 16.7. The van der Waals surface area contributed by atoms with Gasteiger partial charge in [-0.1, -0.05) is 0 Å².